The van der Waals surface area contributed by atoms with Crippen LogP contribution in [0.1, 0.15) is 26.5 Å². The summed E-state index contributed by atoms with van der Waals surface area (Å²) in [6, 6.07) is 3.37. The van der Waals surface area contributed by atoms with Gasteiger partial charge >= 0.3 is 0 Å². The fraction of sp³-hybridized carbons (Fsp3) is 0.500. The van der Waals surface area contributed by atoms with Crippen molar-refractivity contribution in [3.63, 3.8) is 0 Å². The second kappa shape index (κ2) is 9.04. The summed E-state index contributed by atoms with van der Waals surface area (Å²) in [6.45, 7) is 6.51. The first-order valence-corrected chi connectivity index (χ1v) is 7.43. The third-order valence-corrected chi connectivity index (χ3v) is 3.65. The Morgan fingerprint density at radius 1 is 1.36 bits per heavy atom. The zero-order valence-electron chi connectivity index (χ0n) is 13.3. The Morgan fingerprint density at radius 3 is 2.64 bits per heavy atom. The highest BCUT2D eigenvalue weighted by Gasteiger charge is 2.20. The number of carbonyl (C=O) groups excluding carboxylic acids is 2. The predicted octanol–water partition coefficient (Wildman–Crippen LogP) is 1.14. The lowest BCUT2D eigenvalue weighted by molar-refractivity contribution is -0.124. The molecule has 0 aliphatic heterocycles. The largest absolute Gasteiger partial charge is 0.465 e. The highest BCUT2D eigenvalue weighted by Crippen LogP contribution is 2.13. The fourth-order valence-electron chi connectivity index (χ4n) is 1.90. The molecule has 0 aliphatic carbocycles. The van der Waals surface area contributed by atoms with Crippen molar-refractivity contribution in [2.45, 2.75) is 26.8 Å². The van der Waals surface area contributed by atoms with Crippen molar-refractivity contribution in [1.82, 2.24) is 10.6 Å². The van der Waals surface area contributed by atoms with Crippen LogP contribution < -0.4 is 16.4 Å². The van der Waals surface area contributed by atoms with E-state index >= 15 is 0 Å². The number of carbonyl (C=O) groups is 2. The first-order chi connectivity index (χ1) is 10.4. The van der Waals surface area contributed by atoms with Crippen molar-refractivity contribution in [1.29, 1.82) is 0 Å². The third kappa shape index (κ3) is 6.13. The van der Waals surface area contributed by atoms with Crippen molar-refractivity contribution in [2.75, 3.05) is 13.1 Å². The first-order valence-electron chi connectivity index (χ1n) is 7.43. The van der Waals surface area contributed by atoms with E-state index in [1.807, 2.05) is 6.92 Å². The van der Waals surface area contributed by atoms with Crippen molar-refractivity contribution >= 4 is 17.9 Å². The van der Waals surface area contributed by atoms with Gasteiger partial charge < -0.3 is 20.8 Å². The van der Waals surface area contributed by atoms with Crippen LogP contribution in [0.3, 0.4) is 0 Å². The highest BCUT2D eigenvalue weighted by atomic mass is 16.3. The van der Waals surface area contributed by atoms with Gasteiger partial charge in [-0.2, -0.15) is 0 Å². The molecular weight excluding hydrogens is 282 g/mol. The summed E-state index contributed by atoms with van der Waals surface area (Å²) in [7, 11) is 0. The van der Waals surface area contributed by atoms with Gasteiger partial charge in [-0.3, -0.25) is 9.59 Å². The number of hydrogen-bond donors (Lipinski definition) is 3. The molecular formula is C16H25N3O3. The number of rotatable bonds is 8. The Morgan fingerprint density at radius 2 is 2.09 bits per heavy atom. The van der Waals surface area contributed by atoms with Crippen LogP contribution in [0.15, 0.2) is 28.9 Å². The zero-order valence-corrected chi connectivity index (χ0v) is 13.3. The Bertz CT molecular complexity index is 495. The normalized spacial score (nSPS) is 14.0. The van der Waals surface area contributed by atoms with E-state index in [1.54, 1.807) is 12.1 Å². The quantitative estimate of drug-likeness (QED) is 0.627. The van der Waals surface area contributed by atoms with Gasteiger partial charge in [-0.1, -0.05) is 20.8 Å². The molecule has 22 heavy (non-hydrogen) atoms. The maximum Gasteiger partial charge on any atom is 0.244 e. The molecule has 0 fully saturated rings. The Balaban J connectivity index is 2.37. The summed E-state index contributed by atoms with van der Waals surface area (Å²) in [4.78, 5) is 23.4. The first kappa shape index (κ1) is 18.0. The molecule has 1 unspecified atom stereocenters. The van der Waals surface area contributed by atoms with E-state index in [9.17, 15) is 9.59 Å². The average molecular weight is 307 g/mol. The molecule has 0 aromatic carbocycles. The summed E-state index contributed by atoms with van der Waals surface area (Å²) >= 11 is 0. The molecule has 6 nitrogen and oxygen atoms in total. The number of furan rings is 1. The zero-order chi connectivity index (χ0) is 16.5. The van der Waals surface area contributed by atoms with Gasteiger partial charge in [-0.25, -0.2) is 0 Å². The van der Waals surface area contributed by atoms with Gasteiger partial charge in [0.05, 0.1) is 12.8 Å². The Labute approximate surface area is 131 Å². The second-order valence-electron chi connectivity index (χ2n) is 5.58. The number of hydrogen-bond acceptors (Lipinski definition) is 4. The van der Waals surface area contributed by atoms with Gasteiger partial charge in [-0.15, -0.1) is 0 Å². The van der Waals surface area contributed by atoms with E-state index in [2.05, 4.69) is 24.5 Å². The summed E-state index contributed by atoms with van der Waals surface area (Å²) in [6.07, 6.45) is 4.38. The van der Waals surface area contributed by atoms with Crippen molar-refractivity contribution in [3.05, 3.63) is 30.2 Å². The van der Waals surface area contributed by atoms with Gasteiger partial charge in [0.25, 0.3) is 0 Å². The smallest absolute Gasteiger partial charge is 0.244 e. The van der Waals surface area contributed by atoms with E-state index in [0.717, 1.165) is 0 Å². The van der Waals surface area contributed by atoms with E-state index in [4.69, 9.17) is 10.2 Å². The van der Waals surface area contributed by atoms with Crippen LogP contribution in [-0.2, 0) is 9.59 Å². The average Bonchev–Trinajstić information content (AvgIpc) is 3.01. The van der Waals surface area contributed by atoms with Gasteiger partial charge in [0.15, 0.2) is 0 Å². The minimum Gasteiger partial charge on any atom is -0.465 e. The standard InChI is InChI=1S/C16H25N3O3/c1-11(2)12(3)14(9-17)19-16(21)10-18-15(20)7-6-13-5-4-8-22-13/h4-8,11-12,14H,9-10,17H2,1-3H3,(H,18,20)(H,19,21)/b7-6+/t12?,14-/m0/s1. The molecule has 0 spiro atoms. The molecule has 4 N–H and O–H groups in total. The third-order valence-electron chi connectivity index (χ3n) is 3.65. The van der Waals surface area contributed by atoms with Crippen LogP contribution in [0.5, 0.6) is 0 Å². The van der Waals surface area contributed by atoms with Crippen molar-refractivity contribution < 1.29 is 14.0 Å². The topological polar surface area (TPSA) is 97.4 Å². The van der Waals surface area contributed by atoms with Gasteiger partial charge in [0.2, 0.25) is 11.8 Å². The molecule has 0 radical (unpaired) electrons. The van der Waals surface area contributed by atoms with Crippen molar-refractivity contribution in [2.24, 2.45) is 17.6 Å². The van der Waals surface area contributed by atoms with Crippen LogP contribution in [0.4, 0.5) is 0 Å². The second-order valence-corrected chi connectivity index (χ2v) is 5.58. The van der Waals surface area contributed by atoms with Gasteiger partial charge in [0, 0.05) is 18.7 Å². The summed E-state index contributed by atoms with van der Waals surface area (Å²) < 4.78 is 5.07. The van der Waals surface area contributed by atoms with E-state index in [0.29, 0.717) is 18.2 Å². The molecule has 0 aliphatic rings. The Kier molecular flexibility index (Phi) is 7.39. The monoisotopic (exact) mass is 307 g/mol. The number of amides is 2. The van der Waals surface area contributed by atoms with E-state index < -0.39 is 0 Å². The van der Waals surface area contributed by atoms with Gasteiger partial charge in [-0.05, 0) is 30.0 Å². The van der Waals surface area contributed by atoms with Crippen LogP contribution in [-0.4, -0.2) is 30.9 Å². The van der Waals surface area contributed by atoms with Crippen LogP contribution in [0.2, 0.25) is 0 Å². The molecule has 2 atom stereocenters. The summed E-state index contributed by atoms with van der Waals surface area (Å²) in [5.74, 6) is 0.659. The molecule has 6 heteroatoms. The molecule has 1 aromatic heterocycles. The number of nitrogens with two attached hydrogens (primary N) is 1. The summed E-state index contributed by atoms with van der Waals surface area (Å²) in [5.41, 5.74) is 5.69. The Hall–Kier alpha value is -2.08. The van der Waals surface area contributed by atoms with E-state index in [-0.39, 0.29) is 30.3 Å². The van der Waals surface area contributed by atoms with Crippen LogP contribution in [0, 0.1) is 11.8 Å². The summed E-state index contributed by atoms with van der Waals surface area (Å²) in [5, 5.41) is 5.37. The van der Waals surface area contributed by atoms with E-state index in [1.165, 1.54) is 18.4 Å². The van der Waals surface area contributed by atoms with Gasteiger partial charge in [0.1, 0.15) is 5.76 Å². The maximum absolute atomic E-state index is 11.9. The van der Waals surface area contributed by atoms with Crippen LogP contribution in [0.25, 0.3) is 6.08 Å². The lowest BCUT2D eigenvalue weighted by Crippen LogP contribution is -2.49. The molecule has 1 rings (SSSR count). The molecule has 122 valence electrons. The minimum absolute atomic E-state index is 0.0807. The lowest BCUT2D eigenvalue weighted by atomic mass is 9.90. The maximum atomic E-state index is 11.9. The molecule has 1 heterocycles. The molecule has 0 bridgehead atoms. The fourth-order valence-corrected chi connectivity index (χ4v) is 1.90. The SMILES string of the molecule is CC(C)C(C)[C@H](CN)NC(=O)CNC(=O)/C=C/c1ccco1. The highest BCUT2D eigenvalue weighted by molar-refractivity contribution is 5.94. The van der Waals surface area contributed by atoms with Crippen LogP contribution >= 0.6 is 0 Å². The lowest BCUT2D eigenvalue weighted by Gasteiger charge is -2.26. The van der Waals surface area contributed by atoms with Crippen molar-refractivity contribution in [3.8, 4) is 0 Å². The molecule has 2 amide bonds. The predicted molar refractivity (Wildman–Crippen MR) is 85.7 cm³/mol. The number of nitrogens with one attached hydrogen (secondary N) is 2. The molecule has 0 saturated carbocycles. The molecule has 1 aromatic rings. The molecule has 0 saturated heterocycles. The minimum atomic E-state index is -0.354.